The van der Waals surface area contributed by atoms with Crippen LogP contribution in [0.1, 0.15) is 76.8 Å². The number of ether oxygens (including phenoxy) is 2. The lowest BCUT2D eigenvalue weighted by molar-refractivity contribution is -0.312. The number of unbranched alkanes of at least 4 members (excludes halogenated alkanes) is 4. The van der Waals surface area contributed by atoms with Gasteiger partial charge in [-0.25, -0.2) is 9.59 Å². The van der Waals surface area contributed by atoms with Crippen LogP contribution in [-0.4, -0.2) is 38.1 Å². The number of esters is 2. The molecule has 8 heteroatoms. The van der Waals surface area contributed by atoms with Gasteiger partial charge in [-0.2, -0.15) is 0 Å². The van der Waals surface area contributed by atoms with Crippen molar-refractivity contribution < 1.29 is 38.9 Å². The molecular weight excluding hydrogens is 440 g/mol. The van der Waals surface area contributed by atoms with Crippen LogP contribution in [0, 0.1) is 0 Å². The Hall–Kier alpha value is -3.68. The van der Waals surface area contributed by atoms with E-state index < -0.39 is 29.3 Å². The van der Waals surface area contributed by atoms with E-state index in [0.717, 1.165) is 6.42 Å². The van der Waals surface area contributed by atoms with Gasteiger partial charge in [0.15, 0.2) is 0 Å². The summed E-state index contributed by atoms with van der Waals surface area (Å²) in [6.45, 7) is 0. The Kier molecular flexibility index (Phi) is 9.79. The molecule has 0 radical (unpaired) electrons. The molecule has 0 atom stereocenters. The Labute approximate surface area is 198 Å². The molecule has 2 aromatic carbocycles. The van der Waals surface area contributed by atoms with Gasteiger partial charge < -0.3 is 29.3 Å². The van der Waals surface area contributed by atoms with Gasteiger partial charge in [0.25, 0.3) is 0 Å². The predicted octanol–water partition coefficient (Wildman–Crippen LogP) is 1.78. The topological polar surface area (TPSA) is 133 Å². The lowest BCUT2D eigenvalue weighted by atomic mass is 9.70. The van der Waals surface area contributed by atoms with Crippen LogP contribution in [0.5, 0.6) is 0 Å². The van der Waals surface area contributed by atoms with Crippen molar-refractivity contribution in [2.75, 3.05) is 14.2 Å². The lowest BCUT2D eigenvalue weighted by Gasteiger charge is -2.36. The van der Waals surface area contributed by atoms with Crippen LogP contribution >= 0.6 is 0 Å². The first kappa shape index (κ1) is 26.6. The van der Waals surface area contributed by atoms with E-state index in [0.29, 0.717) is 36.8 Å². The minimum absolute atomic E-state index is 0.00205. The molecule has 0 heterocycles. The van der Waals surface area contributed by atoms with E-state index >= 15 is 0 Å². The molecule has 34 heavy (non-hydrogen) atoms. The van der Waals surface area contributed by atoms with Crippen LogP contribution in [-0.2, 0) is 24.5 Å². The molecule has 0 amide bonds. The number of carboxylic acids is 2. The van der Waals surface area contributed by atoms with Gasteiger partial charge in [-0.3, -0.25) is 0 Å². The first-order valence-corrected chi connectivity index (χ1v) is 11.0. The summed E-state index contributed by atoms with van der Waals surface area (Å²) in [6, 6.07) is 12.3. The monoisotopic (exact) mass is 468 g/mol. The number of hydrogen-bond donors (Lipinski definition) is 0. The summed E-state index contributed by atoms with van der Waals surface area (Å²) in [7, 11) is 2.52. The average Bonchev–Trinajstić information content (AvgIpc) is 2.84. The molecule has 2 aromatic rings. The van der Waals surface area contributed by atoms with Gasteiger partial charge in [0.05, 0.1) is 36.7 Å². The molecule has 0 saturated carbocycles. The summed E-state index contributed by atoms with van der Waals surface area (Å²) in [6.07, 6.45) is 3.41. The van der Waals surface area contributed by atoms with Crippen LogP contribution in [0.2, 0.25) is 0 Å². The predicted molar refractivity (Wildman–Crippen MR) is 119 cm³/mol. The Balaban J connectivity index is 2.35. The first-order chi connectivity index (χ1) is 16.3. The summed E-state index contributed by atoms with van der Waals surface area (Å²) in [5.74, 6) is -3.46. The van der Waals surface area contributed by atoms with E-state index in [-0.39, 0.29) is 24.0 Å². The summed E-state index contributed by atoms with van der Waals surface area (Å²) in [5.41, 5.74) is -0.0837. The van der Waals surface area contributed by atoms with Crippen LogP contribution in [0.15, 0.2) is 48.5 Å². The highest BCUT2D eigenvalue weighted by molar-refractivity contribution is 5.91. The molecule has 0 aliphatic rings. The molecule has 0 aliphatic heterocycles. The largest absolute Gasteiger partial charge is 0.550 e. The summed E-state index contributed by atoms with van der Waals surface area (Å²) in [5, 5.41) is 23.2. The van der Waals surface area contributed by atoms with Crippen molar-refractivity contribution in [1.82, 2.24) is 0 Å². The maximum Gasteiger partial charge on any atom is 0.337 e. The van der Waals surface area contributed by atoms with Crippen molar-refractivity contribution in [2.45, 2.75) is 50.4 Å². The molecule has 0 N–H and O–H groups in total. The molecule has 8 nitrogen and oxygen atoms in total. The minimum atomic E-state index is -1.52. The Bertz CT molecular complexity index is 933. The first-order valence-electron chi connectivity index (χ1n) is 11.0. The number of methoxy groups -OCH3 is 2. The number of rotatable bonds is 13. The highest BCUT2D eigenvalue weighted by Crippen LogP contribution is 2.38. The van der Waals surface area contributed by atoms with Crippen LogP contribution in [0.4, 0.5) is 0 Å². The van der Waals surface area contributed by atoms with E-state index in [4.69, 9.17) is 9.47 Å². The van der Waals surface area contributed by atoms with Crippen LogP contribution in [0.3, 0.4) is 0 Å². The van der Waals surface area contributed by atoms with Gasteiger partial charge >= 0.3 is 11.9 Å². The Morgan fingerprint density at radius 1 is 0.676 bits per heavy atom. The second-order valence-electron chi connectivity index (χ2n) is 7.97. The molecule has 182 valence electrons. The molecule has 0 unspecified atom stereocenters. The fourth-order valence-corrected chi connectivity index (χ4v) is 4.00. The second-order valence-corrected chi connectivity index (χ2v) is 7.97. The second kappa shape index (κ2) is 12.5. The van der Waals surface area contributed by atoms with Gasteiger partial charge in [-0.1, -0.05) is 49.9 Å². The SMILES string of the molecule is COC(=O)c1ccc(C(CCCCCCCC(=O)[O-])(C(=O)[O-])c2ccc(C(=O)OC)cc2)cc1. The number of benzene rings is 2. The Morgan fingerprint density at radius 2 is 1.09 bits per heavy atom. The Morgan fingerprint density at radius 3 is 1.47 bits per heavy atom. The maximum absolute atomic E-state index is 12.6. The van der Waals surface area contributed by atoms with Crippen LogP contribution in [0.25, 0.3) is 0 Å². The van der Waals surface area contributed by atoms with Gasteiger partial charge in [0.2, 0.25) is 0 Å². The molecule has 0 spiro atoms. The van der Waals surface area contributed by atoms with Gasteiger partial charge in [-0.15, -0.1) is 0 Å². The lowest BCUT2D eigenvalue weighted by Crippen LogP contribution is -2.47. The van der Waals surface area contributed by atoms with Crippen molar-refractivity contribution in [3.05, 3.63) is 70.8 Å². The molecule has 0 fully saturated rings. The van der Waals surface area contributed by atoms with Gasteiger partial charge in [0.1, 0.15) is 0 Å². The van der Waals surface area contributed by atoms with Gasteiger partial charge in [0, 0.05) is 5.97 Å². The van der Waals surface area contributed by atoms with Crippen molar-refractivity contribution in [1.29, 1.82) is 0 Å². The van der Waals surface area contributed by atoms with Crippen molar-refractivity contribution in [2.24, 2.45) is 0 Å². The molecule has 0 saturated heterocycles. The number of carboxylic acid groups (broad SMARTS) is 2. The summed E-state index contributed by atoms with van der Waals surface area (Å²) < 4.78 is 9.43. The maximum atomic E-state index is 12.6. The van der Waals surface area contributed by atoms with Crippen molar-refractivity contribution in [3.63, 3.8) is 0 Å². The molecule has 0 aromatic heterocycles. The van der Waals surface area contributed by atoms with Crippen molar-refractivity contribution >= 4 is 23.9 Å². The van der Waals surface area contributed by atoms with E-state index in [9.17, 15) is 29.4 Å². The highest BCUT2D eigenvalue weighted by Gasteiger charge is 2.36. The highest BCUT2D eigenvalue weighted by atomic mass is 16.5. The summed E-state index contributed by atoms with van der Waals surface area (Å²) in [4.78, 5) is 46.8. The minimum Gasteiger partial charge on any atom is -0.550 e. The zero-order chi connectivity index (χ0) is 25.1. The third-order valence-electron chi connectivity index (χ3n) is 5.88. The van der Waals surface area contributed by atoms with Crippen molar-refractivity contribution in [3.8, 4) is 0 Å². The standard InChI is InChI=1S/C26H30O8/c1-33-23(29)18-9-13-20(14-10-18)26(25(31)32,17-7-5-3-4-6-8-22(27)28)21-15-11-19(12-16-21)24(30)34-2/h9-16H,3-8,17H2,1-2H3,(H,27,28)(H,31,32)/p-2. The average molecular weight is 469 g/mol. The fourth-order valence-electron chi connectivity index (χ4n) is 4.00. The third-order valence-corrected chi connectivity index (χ3v) is 5.88. The van der Waals surface area contributed by atoms with E-state index in [1.54, 1.807) is 24.3 Å². The quantitative estimate of drug-likeness (QED) is 0.321. The molecular formula is C26H28O8-2. The smallest absolute Gasteiger partial charge is 0.337 e. The number of carbonyl (C=O) groups is 4. The zero-order valence-corrected chi connectivity index (χ0v) is 19.3. The molecule has 2 rings (SSSR count). The van der Waals surface area contributed by atoms with Gasteiger partial charge in [-0.05, 0) is 54.7 Å². The number of hydrogen-bond acceptors (Lipinski definition) is 8. The van der Waals surface area contributed by atoms with Crippen LogP contribution < -0.4 is 10.2 Å². The fraction of sp³-hybridized carbons (Fsp3) is 0.385. The third kappa shape index (κ3) is 6.43. The summed E-state index contributed by atoms with van der Waals surface area (Å²) >= 11 is 0. The normalized spacial score (nSPS) is 11.0. The number of aliphatic carboxylic acids is 2. The van der Waals surface area contributed by atoms with E-state index in [1.807, 2.05) is 0 Å². The molecule has 0 bridgehead atoms. The molecule has 0 aliphatic carbocycles. The zero-order valence-electron chi connectivity index (χ0n) is 19.3. The van der Waals surface area contributed by atoms with E-state index in [2.05, 4.69) is 0 Å². The van der Waals surface area contributed by atoms with E-state index in [1.165, 1.54) is 38.5 Å². The number of carbonyl (C=O) groups excluding carboxylic acids is 4.